The predicted molar refractivity (Wildman–Crippen MR) is 79.7 cm³/mol. The first-order valence-electron chi connectivity index (χ1n) is 6.30. The third-order valence-corrected chi connectivity index (χ3v) is 3.55. The highest BCUT2D eigenvalue weighted by Gasteiger charge is 2.05. The largest absolute Gasteiger partial charge is 0.491 e. The minimum Gasteiger partial charge on any atom is -0.491 e. The number of benzene rings is 1. The van der Waals surface area contributed by atoms with Crippen LogP contribution in [0.4, 0.5) is 5.69 Å². The van der Waals surface area contributed by atoms with Crippen molar-refractivity contribution in [2.24, 2.45) is 0 Å². The predicted octanol–water partition coefficient (Wildman–Crippen LogP) is 2.12. The molecule has 3 N–H and O–H groups in total. The number of nitrogen functional groups attached to an aromatic ring is 1. The molecule has 20 heavy (non-hydrogen) atoms. The fraction of sp³-hybridized carbons (Fsp3) is 0.286. The zero-order valence-electron chi connectivity index (χ0n) is 11.3. The van der Waals surface area contributed by atoms with Crippen LogP contribution in [-0.2, 0) is 11.3 Å². The van der Waals surface area contributed by atoms with Gasteiger partial charge in [0.2, 0.25) is 5.91 Å². The topological polar surface area (TPSA) is 77.2 Å². The number of carbonyl (C=O) groups is 1. The molecular weight excluding hydrogens is 274 g/mol. The van der Waals surface area contributed by atoms with Gasteiger partial charge >= 0.3 is 0 Å². The van der Waals surface area contributed by atoms with Gasteiger partial charge in [0, 0.05) is 11.1 Å². The van der Waals surface area contributed by atoms with Gasteiger partial charge in [-0.25, -0.2) is 4.98 Å². The molecule has 1 aromatic carbocycles. The average Bonchev–Trinajstić information content (AvgIpc) is 2.84. The van der Waals surface area contributed by atoms with Gasteiger partial charge in [0.1, 0.15) is 5.75 Å². The molecule has 5 nitrogen and oxygen atoms in total. The summed E-state index contributed by atoms with van der Waals surface area (Å²) in [5, 5.41) is 3.83. The molecule has 1 aromatic heterocycles. The van der Waals surface area contributed by atoms with Crippen molar-refractivity contribution in [3.63, 3.8) is 0 Å². The van der Waals surface area contributed by atoms with Gasteiger partial charge in [0.05, 0.1) is 30.3 Å². The summed E-state index contributed by atoms with van der Waals surface area (Å²) < 4.78 is 5.47. The van der Waals surface area contributed by atoms with E-state index in [9.17, 15) is 4.79 Å². The lowest BCUT2D eigenvalue weighted by Crippen LogP contribution is -2.24. The van der Waals surface area contributed by atoms with Crippen LogP contribution in [-0.4, -0.2) is 17.5 Å². The molecule has 0 spiro atoms. The highest BCUT2D eigenvalue weighted by atomic mass is 32.1. The van der Waals surface area contributed by atoms with E-state index in [-0.39, 0.29) is 5.91 Å². The van der Waals surface area contributed by atoms with Gasteiger partial charge in [-0.3, -0.25) is 4.79 Å². The van der Waals surface area contributed by atoms with E-state index in [1.165, 1.54) is 0 Å². The molecule has 1 amide bonds. The van der Waals surface area contributed by atoms with Gasteiger partial charge in [-0.05, 0) is 19.1 Å². The monoisotopic (exact) mass is 291 g/mol. The lowest BCUT2D eigenvalue weighted by atomic mass is 10.3. The normalized spacial score (nSPS) is 10.2. The van der Waals surface area contributed by atoms with E-state index in [1.807, 2.05) is 19.1 Å². The summed E-state index contributed by atoms with van der Waals surface area (Å²) in [6, 6.07) is 7.23. The van der Waals surface area contributed by atoms with Gasteiger partial charge in [0.15, 0.2) is 0 Å². The smallest absolute Gasteiger partial charge is 0.223 e. The van der Waals surface area contributed by atoms with E-state index in [0.29, 0.717) is 31.0 Å². The first-order valence-corrected chi connectivity index (χ1v) is 7.12. The van der Waals surface area contributed by atoms with Crippen LogP contribution in [0, 0.1) is 6.92 Å². The number of nitrogens with zero attached hydrogens (tertiary/aromatic N) is 1. The van der Waals surface area contributed by atoms with Gasteiger partial charge in [-0.2, -0.15) is 0 Å². The third kappa shape index (κ3) is 4.24. The van der Waals surface area contributed by atoms with E-state index < -0.39 is 0 Å². The van der Waals surface area contributed by atoms with Crippen LogP contribution < -0.4 is 15.8 Å². The number of carbonyl (C=O) groups excluding carboxylic acids is 1. The second-order valence-corrected chi connectivity index (χ2v) is 5.58. The molecule has 0 fully saturated rings. The van der Waals surface area contributed by atoms with Gasteiger partial charge in [-0.15, -0.1) is 11.3 Å². The van der Waals surface area contributed by atoms with Crippen molar-refractivity contribution in [2.75, 3.05) is 12.3 Å². The summed E-state index contributed by atoms with van der Waals surface area (Å²) in [7, 11) is 0. The van der Waals surface area contributed by atoms with Crippen molar-refractivity contribution < 1.29 is 9.53 Å². The Labute approximate surface area is 121 Å². The van der Waals surface area contributed by atoms with Gasteiger partial charge in [-0.1, -0.05) is 12.1 Å². The van der Waals surface area contributed by atoms with Crippen molar-refractivity contribution in [1.82, 2.24) is 10.3 Å². The molecule has 0 aliphatic rings. The number of para-hydroxylation sites is 2. The number of ether oxygens (including phenoxy) is 1. The Kier molecular flexibility index (Phi) is 4.95. The first kappa shape index (κ1) is 14.3. The van der Waals surface area contributed by atoms with E-state index in [1.54, 1.807) is 29.7 Å². The molecule has 0 aliphatic carbocycles. The SMILES string of the molecule is Cc1ncc(CNC(=O)CCOc2ccccc2N)s1. The second kappa shape index (κ2) is 6.91. The molecule has 0 bridgehead atoms. The van der Waals surface area contributed by atoms with Crippen LogP contribution in [0.2, 0.25) is 0 Å². The summed E-state index contributed by atoms with van der Waals surface area (Å²) >= 11 is 1.58. The fourth-order valence-electron chi connectivity index (χ4n) is 1.63. The van der Waals surface area contributed by atoms with Crippen molar-refractivity contribution >= 4 is 22.9 Å². The van der Waals surface area contributed by atoms with Crippen LogP contribution in [0.3, 0.4) is 0 Å². The highest BCUT2D eigenvalue weighted by Crippen LogP contribution is 2.19. The number of amides is 1. The van der Waals surface area contributed by atoms with Crippen LogP contribution in [0.25, 0.3) is 0 Å². The molecule has 0 atom stereocenters. The number of thiazole rings is 1. The summed E-state index contributed by atoms with van der Waals surface area (Å²) in [4.78, 5) is 16.8. The van der Waals surface area contributed by atoms with Crippen LogP contribution in [0.1, 0.15) is 16.3 Å². The minimum atomic E-state index is -0.0504. The molecule has 2 aromatic rings. The summed E-state index contributed by atoms with van der Waals surface area (Å²) in [5.41, 5.74) is 6.32. The maximum absolute atomic E-state index is 11.7. The molecule has 1 heterocycles. The van der Waals surface area contributed by atoms with Gasteiger partial charge < -0.3 is 15.8 Å². The molecule has 0 aliphatic heterocycles. The van der Waals surface area contributed by atoms with E-state index in [0.717, 1.165) is 9.88 Å². The zero-order valence-corrected chi connectivity index (χ0v) is 12.1. The number of nitrogens with two attached hydrogens (primary N) is 1. The number of aromatic nitrogens is 1. The number of hydrogen-bond acceptors (Lipinski definition) is 5. The Morgan fingerprint density at radius 2 is 2.25 bits per heavy atom. The van der Waals surface area contributed by atoms with Crippen molar-refractivity contribution in [3.8, 4) is 5.75 Å². The molecule has 0 unspecified atom stereocenters. The number of anilines is 1. The Balaban J connectivity index is 1.69. The Bertz CT molecular complexity index is 583. The molecule has 106 valence electrons. The lowest BCUT2D eigenvalue weighted by molar-refractivity contribution is -0.121. The zero-order chi connectivity index (χ0) is 14.4. The molecule has 0 saturated carbocycles. The van der Waals surface area contributed by atoms with E-state index >= 15 is 0 Å². The summed E-state index contributed by atoms with van der Waals surface area (Å²) in [6.07, 6.45) is 2.08. The van der Waals surface area contributed by atoms with E-state index in [4.69, 9.17) is 10.5 Å². The highest BCUT2D eigenvalue weighted by molar-refractivity contribution is 7.11. The Morgan fingerprint density at radius 3 is 2.95 bits per heavy atom. The molecule has 0 radical (unpaired) electrons. The molecule has 0 saturated heterocycles. The number of aryl methyl sites for hydroxylation is 1. The van der Waals surface area contributed by atoms with Crippen LogP contribution in [0.15, 0.2) is 30.5 Å². The quantitative estimate of drug-likeness (QED) is 0.799. The first-order chi connectivity index (χ1) is 9.65. The standard InChI is InChI=1S/C14H17N3O2S/c1-10-16-8-11(20-10)9-17-14(18)6-7-19-13-5-3-2-4-12(13)15/h2-5,8H,6-7,9,15H2,1H3,(H,17,18). The van der Waals surface area contributed by atoms with Crippen molar-refractivity contribution in [1.29, 1.82) is 0 Å². The third-order valence-electron chi connectivity index (χ3n) is 2.63. The van der Waals surface area contributed by atoms with Crippen LogP contribution >= 0.6 is 11.3 Å². The second-order valence-electron chi connectivity index (χ2n) is 4.26. The lowest BCUT2D eigenvalue weighted by Gasteiger charge is -2.08. The fourth-order valence-corrected chi connectivity index (χ4v) is 2.36. The maximum Gasteiger partial charge on any atom is 0.223 e. The van der Waals surface area contributed by atoms with E-state index in [2.05, 4.69) is 10.3 Å². The Hall–Kier alpha value is -2.08. The number of hydrogen-bond donors (Lipinski definition) is 2. The average molecular weight is 291 g/mol. The van der Waals surface area contributed by atoms with Gasteiger partial charge in [0.25, 0.3) is 0 Å². The molecule has 2 rings (SSSR count). The van der Waals surface area contributed by atoms with Crippen molar-refractivity contribution in [3.05, 3.63) is 40.3 Å². The summed E-state index contributed by atoms with van der Waals surface area (Å²) in [6.45, 7) is 2.76. The maximum atomic E-state index is 11.7. The minimum absolute atomic E-state index is 0.0504. The molecular formula is C14H17N3O2S. The Morgan fingerprint density at radius 1 is 1.45 bits per heavy atom. The molecule has 6 heteroatoms. The van der Waals surface area contributed by atoms with Crippen molar-refractivity contribution in [2.45, 2.75) is 19.9 Å². The van der Waals surface area contributed by atoms with Crippen LogP contribution in [0.5, 0.6) is 5.75 Å². The summed E-state index contributed by atoms with van der Waals surface area (Å²) in [5.74, 6) is 0.559. The number of rotatable bonds is 6. The number of nitrogens with one attached hydrogen (secondary N) is 1.